The van der Waals surface area contributed by atoms with Crippen molar-refractivity contribution in [3.8, 4) is 0 Å². The first kappa shape index (κ1) is 12.8. The van der Waals surface area contributed by atoms with Crippen LogP contribution in [0.3, 0.4) is 0 Å². The van der Waals surface area contributed by atoms with E-state index in [0.717, 1.165) is 16.5 Å². The number of nitrogens with zero attached hydrogens (tertiary/aromatic N) is 1. The number of carbonyl (C=O) groups is 1. The predicted molar refractivity (Wildman–Crippen MR) is 75.7 cm³/mol. The molecule has 0 saturated carbocycles. The maximum atomic E-state index is 12.1. The Morgan fingerprint density at radius 1 is 1.33 bits per heavy atom. The van der Waals surface area contributed by atoms with Crippen molar-refractivity contribution in [1.29, 1.82) is 0 Å². The highest BCUT2D eigenvalue weighted by molar-refractivity contribution is 9.10. The second-order valence-corrected chi connectivity index (χ2v) is 4.74. The van der Waals surface area contributed by atoms with Gasteiger partial charge in [0.15, 0.2) is 0 Å². The van der Waals surface area contributed by atoms with E-state index in [4.69, 9.17) is 0 Å². The molecule has 0 atom stereocenters. The minimum atomic E-state index is -0.127. The molecule has 3 nitrogen and oxygen atoms in total. The number of nitrogens with one attached hydrogen (secondary N) is 1. The summed E-state index contributed by atoms with van der Waals surface area (Å²) in [6, 6.07) is 11.2. The van der Waals surface area contributed by atoms with Gasteiger partial charge in [-0.05, 0) is 30.2 Å². The topological polar surface area (TPSA) is 42.0 Å². The van der Waals surface area contributed by atoms with Crippen molar-refractivity contribution in [2.24, 2.45) is 0 Å². The molecule has 2 rings (SSSR count). The summed E-state index contributed by atoms with van der Waals surface area (Å²) < 4.78 is 0.886. The summed E-state index contributed by atoms with van der Waals surface area (Å²) in [6.45, 7) is 2.03. The Kier molecular flexibility index (Phi) is 4.10. The van der Waals surface area contributed by atoms with Crippen LogP contribution in [0.15, 0.2) is 47.1 Å². The molecule has 1 heterocycles. The Bertz CT molecular complexity index is 569. The van der Waals surface area contributed by atoms with Crippen LogP contribution in [0.4, 0.5) is 5.82 Å². The molecule has 18 heavy (non-hydrogen) atoms. The van der Waals surface area contributed by atoms with Crippen LogP contribution in [-0.4, -0.2) is 10.9 Å². The summed E-state index contributed by atoms with van der Waals surface area (Å²) in [5, 5.41) is 2.79. The summed E-state index contributed by atoms with van der Waals surface area (Å²) in [4.78, 5) is 16.2. The van der Waals surface area contributed by atoms with Gasteiger partial charge in [-0.1, -0.05) is 41.1 Å². The van der Waals surface area contributed by atoms with Crippen molar-refractivity contribution in [3.05, 3.63) is 58.2 Å². The highest BCUT2D eigenvalue weighted by atomic mass is 79.9. The summed E-state index contributed by atoms with van der Waals surface area (Å²) in [7, 11) is 0. The van der Waals surface area contributed by atoms with Gasteiger partial charge in [0.25, 0.3) is 5.91 Å². The number of carbonyl (C=O) groups excluding carboxylic acids is 1. The number of rotatable bonds is 3. The lowest BCUT2D eigenvalue weighted by atomic mass is 10.0. The lowest BCUT2D eigenvalue weighted by molar-refractivity contribution is 0.102. The maximum absolute atomic E-state index is 12.1. The van der Waals surface area contributed by atoms with Crippen molar-refractivity contribution in [2.75, 3.05) is 5.32 Å². The van der Waals surface area contributed by atoms with Gasteiger partial charge in [0.2, 0.25) is 0 Å². The van der Waals surface area contributed by atoms with Gasteiger partial charge in [-0.15, -0.1) is 0 Å². The lowest BCUT2D eigenvalue weighted by Gasteiger charge is -2.08. The molecule has 4 heteroatoms. The fourth-order valence-electron chi connectivity index (χ4n) is 1.71. The van der Waals surface area contributed by atoms with Gasteiger partial charge in [0, 0.05) is 16.2 Å². The normalized spacial score (nSPS) is 10.1. The van der Waals surface area contributed by atoms with Crippen molar-refractivity contribution in [1.82, 2.24) is 4.98 Å². The van der Waals surface area contributed by atoms with Gasteiger partial charge in [-0.25, -0.2) is 4.98 Å². The second-order valence-electron chi connectivity index (χ2n) is 3.82. The third kappa shape index (κ3) is 2.96. The van der Waals surface area contributed by atoms with Crippen LogP contribution in [0, 0.1) is 0 Å². The predicted octanol–water partition coefficient (Wildman–Crippen LogP) is 3.66. The van der Waals surface area contributed by atoms with Crippen LogP contribution in [0.25, 0.3) is 0 Å². The first-order valence-electron chi connectivity index (χ1n) is 5.71. The number of amides is 1. The van der Waals surface area contributed by atoms with E-state index in [1.165, 1.54) is 0 Å². The molecule has 0 aliphatic carbocycles. The average molecular weight is 305 g/mol. The number of aromatic nitrogens is 1. The Hall–Kier alpha value is -1.68. The third-order valence-corrected chi connectivity index (χ3v) is 3.10. The molecular weight excluding hydrogens is 292 g/mol. The van der Waals surface area contributed by atoms with E-state index < -0.39 is 0 Å². The molecule has 1 amide bonds. The maximum Gasteiger partial charge on any atom is 0.257 e. The van der Waals surface area contributed by atoms with Gasteiger partial charge in [-0.3, -0.25) is 4.79 Å². The zero-order valence-electron chi connectivity index (χ0n) is 9.98. The Morgan fingerprint density at radius 3 is 2.83 bits per heavy atom. The number of pyridine rings is 1. The summed E-state index contributed by atoms with van der Waals surface area (Å²) in [5.74, 6) is 0.415. The van der Waals surface area contributed by atoms with Crippen LogP contribution in [0.1, 0.15) is 22.8 Å². The van der Waals surface area contributed by atoms with Crippen molar-refractivity contribution >= 4 is 27.7 Å². The average Bonchev–Trinajstić information content (AvgIpc) is 2.38. The highest BCUT2D eigenvalue weighted by Crippen LogP contribution is 2.15. The number of halogens is 1. The largest absolute Gasteiger partial charge is 0.307 e. The molecule has 0 aliphatic heterocycles. The Labute approximate surface area is 114 Å². The number of hydrogen-bond acceptors (Lipinski definition) is 2. The van der Waals surface area contributed by atoms with E-state index in [1.54, 1.807) is 12.3 Å². The van der Waals surface area contributed by atoms with Gasteiger partial charge in [0.1, 0.15) is 5.82 Å². The minimum Gasteiger partial charge on any atom is -0.307 e. The lowest BCUT2D eigenvalue weighted by Crippen LogP contribution is -2.14. The van der Waals surface area contributed by atoms with Crippen LogP contribution >= 0.6 is 15.9 Å². The molecule has 0 unspecified atom stereocenters. The van der Waals surface area contributed by atoms with E-state index >= 15 is 0 Å². The molecule has 0 fully saturated rings. The molecule has 92 valence electrons. The first-order chi connectivity index (χ1) is 8.70. The van der Waals surface area contributed by atoms with E-state index in [2.05, 4.69) is 26.2 Å². The molecule has 2 aromatic rings. The van der Waals surface area contributed by atoms with Crippen molar-refractivity contribution in [3.63, 3.8) is 0 Å². The minimum absolute atomic E-state index is 0.127. The fraction of sp³-hybridized carbons (Fsp3) is 0.143. The van der Waals surface area contributed by atoms with Crippen LogP contribution in [-0.2, 0) is 6.42 Å². The standard InChI is InChI=1S/C14H13BrN2O/c1-2-10-5-3-4-6-12(10)14(18)17-13-9-11(15)7-8-16-13/h3-9H,2H2,1H3,(H,16,17,18). The highest BCUT2D eigenvalue weighted by Gasteiger charge is 2.10. The molecule has 1 aromatic heterocycles. The Balaban J connectivity index is 2.22. The monoisotopic (exact) mass is 304 g/mol. The molecule has 1 aromatic carbocycles. The number of anilines is 1. The van der Waals surface area contributed by atoms with E-state index in [9.17, 15) is 4.79 Å². The molecule has 0 spiro atoms. The molecule has 1 N–H and O–H groups in total. The molecule has 0 bridgehead atoms. The number of aryl methyl sites for hydroxylation is 1. The summed E-state index contributed by atoms with van der Waals surface area (Å²) in [5.41, 5.74) is 1.73. The van der Waals surface area contributed by atoms with Gasteiger partial charge >= 0.3 is 0 Å². The van der Waals surface area contributed by atoms with Crippen LogP contribution in [0.5, 0.6) is 0 Å². The van der Waals surface area contributed by atoms with E-state index in [0.29, 0.717) is 11.4 Å². The Morgan fingerprint density at radius 2 is 2.11 bits per heavy atom. The number of benzene rings is 1. The molecular formula is C14H13BrN2O. The molecule has 0 aliphatic rings. The van der Waals surface area contributed by atoms with Crippen molar-refractivity contribution < 1.29 is 4.79 Å². The summed E-state index contributed by atoms with van der Waals surface area (Å²) >= 11 is 3.35. The van der Waals surface area contributed by atoms with E-state index in [-0.39, 0.29) is 5.91 Å². The van der Waals surface area contributed by atoms with Gasteiger partial charge in [0.05, 0.1) is 0 Å². The smallest absolute Gasteiger partial charge is 0.257 e. The second kappa shape index (κ2) is 5.78. The zero-order valence-corrected chi connectivity index (χ0v) is 11.6. The van der Waals surface area contributed by atoms with Crippen LogP contribution in [0.2, 0.25) is 0 Å². The van der Waals surface area contributed by atoms with Crippen LogP contribution < -0.4 is 5.32 Å². The third-order valence-electron chi connectivity index (χ3n) is 2.61. The zero-order chi connectivity index (χ0) is 13.0. The molecule has 0 radical (unpaired) electrons. The molecule has 0 saturated heterocycles. The van der Waals surface area contributed by atoms with Gasteiger partial charge < -0.3 is 5.32 Å². The SMILES string of the molecule is CCc1ccccc1C(=O)Nc1cc(Br)ccn1. The van der Waals surface area contributed by atoms with E-state index in [1.807, 2.05) is 37.3 Å². The van der Waals surface area contributed by atoms with Gasteiger partial charge in [-0.2, -0.15) is 0 Å². The quantitative estimate of drug-likeness (QED) is 0.940. The fourth-order valence-corrected chi connectivity index (χ4v) is 2.04. The van der Waals surface area contributed by atoms with Crippen molar-refractivity contribution in [2.45, 2.75) is 13.3 Å². The summed E-state index contributed by atoms with van der Waals surface area (Å²) in [6.07, 6.45) is 2.47. The number of hydrogen-bond donors (Lipinski definition) is 1. The first-order valence-corrected chi connectivity index (χ1v) is 6.51.